The van der Waals surface area contributed by atoms with Crippen LogP contribution in [0.15, 0.2) is 6.33 Å². The Balaban J connectivity index is 2.96. The summed E-state index contributed by atoms with van der Waals surface area (Å²) in [6, 6.07) is 0. The van der Waals surface area contributed by atoms with Gasteiger partial charge in [0.1, 0.15) is 18.0 Å². The predicted molar refractivity (Wildman–Crippen MR) is 56.1 cm³/mol. The summed E-state index contributed by atoms with van der Waals surface area (Å²) in [5.41, 5.74) is 6.64. The van der Waals surface area contributed by atoms with E-state index >= 15 is 0 Å². The SMILES string of the molecule is CC(C)c1c(N)ncnc1NCCO. The van der Waals surface area contributed by atoms with Crippen LogP contribution in [-0.2, 0) is 0 Å². The minimum absolute atomic E-state index is 0.0709. The van der Waals surface area contributed by atoms with E-state index in [-0.39, 0.29) is 12.5 Å². The Morgan fingerprint density at radius 2 is 2.21 bits per heavy atom. The summed E-state index contributed by atoms with van der Waals surface area (Å²) in [4.78, 5) is 8.02. The van der Waals surface area contributed by atoms with Crippen molar-refractivity contribution in [3.8, 4) is 0 Å². The van der Waals surface area contributed by atoms with Crippen LogP contribution in [0.1, 0.15) is 25.3 Å². The van der Waals surface area contributed by atoms with E-state index in [4.69, 9.17) is 10.8 Å². The molecule has 0 saturated heterocycles. The molecule has 14 heavy (non-hydrogen) atoms. The van der Waals surface area contributed by atoms with Gasteiger partial charge in [-0.25, -0.2) is 9.97 Å². The molecule has 0 aromatic carbocycles. The van der Waals surface area contributed by atoms with E-state index in [2.05, 4.69) is 15.3 Å². The van der Waals surface area contributed by atoms with Gasteiger partial charge in [-0.15, -0.1) is 0 Å². The molecule has 1 heterocycles. The van der Waals surface area contributed by atoms with Crippen molar-refractivity contribution in [1.29, 1.82) is 0 Å². The topological polar surface area (TPSA) is 84.1 Å². The van der Waals surface area contributed by atoms with Gasteiger partial charge in [0.2, 0.25) is 0 Å². The van der Waals surface area contributed by atoms with Crippen molar-refractivity contribution >= 4 is 11.6 Å². The number of rotatable bonds is 4. The number of hydrogen-bond donors (Lipinski definition) is 3. The van der Waals surface area contributed by atoms with Crippen LogP contribution in [0.3, 0.4) is 0 Å². The van der Waals surface area contributed by atoms with Gasteiger partial charge < -0.3 is 16.2 Å². The molecule has 0 radical (unpaired) electrons. The molecule has 0 unspecified atom stereocenters. The molecule has 0 aliphatic carbocycles. The Kier molecular flexibility index (Phi) is 3.64. The van der Waals surface area contributed by atoms with Gasteiger partial charge in [-0.05, 0) is 5.92 Å². The number of nitrogen functional groups attached to an aromatic ring is 1. The highest BCUT2D eigenvalue weighted by atomic mass is 16.3. The van der Waals surface area contributed by atoms with Crippen molar-refractivity contribution in [3.05, 3.63) is 11.9 Å². The Hall–Kier alpha value is -1.36. The maximum absolute atomic E-state index is 8.69. The largest absolute Gasteiger partial charge is 0.395 e. The molecule has 0 fully saturated rings. The molecule has 5 nitrogen and oxygen atoms in total. The zero-order chi connectivity index (χ0) is 10.6. The quantitative estimate of drug-likeness (QED) is 0.656. The number of nitrogens with zero attached hydrogens (tertiary/aromatic N) is 2. The van der Waals surface area contributed by atoms with Crippen molar-refractivity contribution < 1.29 is 5.11 Å². The second-order valence-electron chi connectivity index (χ2n) is 3.33. The molecule has 0 spiro atoms. The second-order valence-corrected chi connectivity index (χ2v) is 3.33. The fraction of sp³-hybridized carbons (Fsp3) is 0.556. The minimum Gasteiger partial charge on any atom is -0.395 e. The number of hydrogen-bond acceptors (Lipinski definition) is 5. The molecule has 5 heteroatoms. The summed E-state index contributed by atoms with van der Waals surface area (Å²) in [5, 5.41) is 11.7. The first-order valence-electron chi connectivity index (χ1n) is 4.62. The van der Waals surface area contributed by atoms with Crippen LogP contribution in [0.4, 0.5) is 11.6 Å². The van der Waals surface area contributed by atoms with Gasteiger partial charge in [0.05, 0.1) is 6.61 Å². The number of nitrogens with one attached hydrogen (secondary N) is 1. The molecule has 0 bridgehead atoms. The first kappa shape index (κ1) is 10.7. The van der Waals surface area contributed by atoms with Crippen molar-refractivity contribution in [2.45, 2.75) is 19.8 Å². The van der Waals surface area contributed by atoms with E-state index in [1.165, 1.54) is 6.33 Å². The van der Waals surface area contributed by atoms with Crippen molar-refractivity contribution in [2.75, 3.05) is 24.2 Å². The third kappa shape index (κ3) is 2.32. The molecule has 0 aliphatic heterocycles. The van der Waals surface area contributed by atoms with Crippen LogP contribution >= 0.6 is 0 Å². The molecule has 0 amide bonds. The van der Waals surface area contributed by atoms with Crippen LogP contribution in [0, 0.1) is 0 Å². The highest BCUT2D eigenvalue weighted by Gasteiger charge is 2.11. The van der Waals surface area contributed by atoms with Crippen molar-refractivity contribution in [3.63, 3.8) is 0 Å². The van der Waals surface area contributed by atoms with Crippen LogP contribution < -0.4 is 11.1 Å². The number of anilines is 2. The zero-order valence-corrected chi connectivity index (χ0v) is 8.49. The molecule has 1 aromatic rings. The number of nitrogens with two attached hydrogens (primary N) is 1. The maximum atomic E-state index is 8.69. The fourth-order valence-electron chi connectivity index (χ4n) is 1.29. The van der Waals surface area contributed by atoms with Gasteiger partial charge in [-0.3, -0.25) is 0 Å². The molecule has 0 aliphatic rings. The van der Waals surface area contributed by atoms with E-state index in [0.717, 1.165) is 5.56 Å². The van der Waals surface area contributed by atoms with E-state index in [1.54, 1.807) is 0 Å². The smallest absolute Gasteiger partial charge is 0.135 e. The Morgan fingerprint density at radius 1 is 1.50 bits per heavy atom. The van der Waals surface area contributed by atoms with E-state index < -0.39 is 0 Å². The Labute approximate surface area is 83.4 Å². The van der Waals surface area contributed by atoms with Crippen LogP contribution in [0.2, 0.25) is 0 Å². The maximum Gasteiger partial charge on any atom is 0.135 e. The Bertz CT molecular complexity index is 301. The monoisotopic (exact) mass is 196 g/mol. The van der Waals surface area contributed by atoms with Gasteiger partial charge in [0.25, 0.3) is 0 Å². The van der Waals surface area contributed by atoms with Crippen LogP contribution in [0.5, 0.6) is 0 Å². The second kappa shape index (κ2) is 4.76. The molecule has 0 saturated carbocycles. The minimum atomic E-state index is 0.0709. The van der Waals surface area contributed by atoms with E-state index in [1.807, 2.05) is 13.8 Å². The Morgan fingerprint density at radius 3 is 2.79 bits per heavy atom. The summed E-state index contributed by atoms with van der Waals surface area (Å²) < 4.78 is 0. The molecule has 1 aromatic heterocycles. The average molecular weight is 196 g/mol. The lowest BCUT2D eigenvalue weighted by Crippen LogP contribution is -2.12. The third-order valence-electron chi connectivity index (χ3n) is 1.90. The highest BCUT2D eigenvalue weighted by molar-refractivity contribution is 5.56. The van der Waals surface area contributed by atoms with Gasteiger partial charge in [0.15, 0.2) is 0 Å². The first-order chi connectivity index (χ1) is 6.66. The third-order valence-corrected chi connectivity index (χ3v) is 1.90. The standard InChI is InChI=1S/C9H16N4O/c1-6(2)7-8(10)12-5-13-9(7)11-3-4-14/h5-6,14H,3-4H2,1-2H3,(H3,10,11,12,13). The van der Waals surface area contributed by atoms with Gasteiger partial charge in [-0.1, -0.05) is 13.8 Å². The molecule has 4 N–H and O–H groups in total. The normalized spacial score (nSPS) is 10.6. The summed E-state index contributed by atoms with van der Waals surface area (Å²) in [6.45, 7) is 4.59. The van der Waals surface area contributed by atoms with E-state index in [9.17, 15) is 0 Å². The lowest BCUT2D eigenvalue weighted by Gasteiger charge is -2.13. The highest BCUT2D eigenvalue weighted by Crippen LogP contribution is 2.25. The van der Waals surface area contributed by atoms with Crippen LogP contribution in [-0.4, -0.2) is 28.2 Å². The van der Waals surface area contributed by atoms with Gasteiger partial charge in [0, 0.05) is 12.1 Å². The molecule has 78 valence electrons. The number of aliphatic hydroxyl groups excluding tert-OH is 1. The number of aromatic nitrogens is 2. The van der Waals surface area contributed by atoms with Crippen molar-refractivity contribution in [2.24, 2.45) is 0 Å². The van der Waals surface area contributed by atoms with Gasteiger partial charge >= 0.3 is 0 Å². The molecular weight excluding hydrogens is 180 g/mol. The predicted octanol–water partition coefficient (Wildman–Crippen LogP) is 0.586. The van der Waals surface area contributed by atoms with E-state index in [0.29, 0.717) is 18.2 Å². The fourth-order valence-corrected chi connectivity index (χ4v) is 1.29. The summed E-state index contributed by atoms with van der Waals surface area (Å²) in [6.07, 6.45) is 1.42. The summed E-state index contributed by atoms with van der Waals surface area (Å²) in [5.74, 6) is 1.47. The average Bonchev–Trinajstić information content (AvgIpc) is 2.14. The van der Waals surface area contributed by atoms with Crippen LogP contribution in [0.25, 0.3) is 0 Å². The van der Waals surface area contributed by atoms with Crippen molar-refractivity contribution in [1.82, 2.24) is 9.97 Å². The number of aliphatic hydroxyl groups is 1. The first-order valence-corrected chi connectivity index (χ1v) is 4.62. The molecule has 0 atom stereocenters. The molecule has 1 rings (SSSR count). The summed E-state index contributed by atoms with van der Waals surface area (Å²) in [7, 11) is 0. The zero-order valence-electron chi connectivity index (χ0n) is 8.49. The lowest BCUT2D eigenvalue weighted by atomic mass is 10.0. The summed E-state index contributed by atoms with van der Waals surface area (Å²) >= 11 is 0. The van der Waals surface area contributed by atoms with Gasteiger partial charge in [-0.2, -0.15) is 0 Å². The molecular formula is C9H16N4O. The lowest BCUT2D eigenvalue weighted by molar-refractivity contribution is 0.311.